The number of aliphatic imine (C=N–C) groups is 1. The van der Waals surface area contributed by atoms with E-state index in [1.165, 1.54) is 29.5 Å². The highest BCUT2D eigenvalue weighted by atomic mass is 32.2. The van der Waals surface area contributed by atoms with Gasteiger partial charge in [-0.1, -0.05) is 31.5 Å². The minimum absolute atomic E-state index is 0.0320. The van der Waals surface area contributed by atoms with E-state index in [2.05, 4.69) is 55.3 Å². The minimum Gasteiger partial charge on any atom is -0.490 e. The van der Waals surface area contributed by atoms with Crippen LogP contribution in [0.25, 0.3) is 5.57 Å². The third-order valence-electron chi connectivity index (χ3n) is 4.95. The third kappa shape index (κ3) is 9.70. The molecule has 2 aromatic carbocycles. The van der Waals surface area contributed by atoms with E-state index in [0.717, 1.165) is 23.3 Å². The monoisotopic (exact) mass is 468 g/mol. The minimum atomic E-state index is -1.61. The van der Waals surface area contributed by atoms with E-state index in [4.69, 9.17) is 13.9 Å². The lowest BCUT2D eigenvalue weighted by Crippen LogP contribution is -2.11. The van der Waals surface area contributed by atoms with Crippen LogP contribution in [0, 0.1) is 18.3 Å². The first-order valence-corrected chi connectivity index (χ1v) is 12.3. The highest BCUT2D eigenvalue weighted by Crippen LogP contribution is 2.25. The summed E-state index contributed by atoms with van der Waals surface area (Å²) in [7, 11) is 0. The van der Waals surface area contributed by atoms with E-state index in [9.17, 15) is 5.26 Å². The predicted octanol–water partition coefficient (Wildman–Crippen LogP) is 5.35. The molecular formula is C26H36N4O2S. The Labute approximate surface area is 201 Å². The Kier molecular flexibility index (Phi) is 12.3. The molecule has 0 spiro atoms. The van der Waals surface area contributed by atoms with E-state index in [1.807, 2.05) is 45.2 Å². The number of unbranched alkanes of at least 4 members (excludes halogenated alkanes) is 1. The van der Waals surface area contributed by atoms with Crippen LogP contribution in [0.1, 0.15) is 75.3 Å². The van der Waals surface area contributed by atoms with Crippen molar-refractivity contribution < 1.29 is 8.95 Å². The number of aryl methyl sites for hydroxylation is 1. The second-order valence-corrected chi connectivity index (χ2v) is 8.71. The van der Waals surface area contributed by atoms with Crippen molar-refractivity contribution in [2.75, 3.05) is 0 Å². The first kappa shape index (κ1) is 28.2. The van der Waals surface area contributed by atoms with Gasteiger partial charge in [-0.15, -0.1) is 0 Å². The van der Waals surface area contributed by atoms with Crippen LogP contribution in [0.15, 0.2) is 47.6 Å². The number of allylic oxidation sites excluding steroid dienone is 1. The molecule has 0 saturated carbocycles. The van der Waals surface area contributed by atoms with Crippen LogP contribution < -0.4 is 15.0 Å². The van der Waals surface area contributed by atoms with Crippen molar-refractivity contribution in [1.29, 1.82) is 5.26 Å². The van der Waals surface area contributed by atoms with E-state index in [1.54, 1.807) is 0 Å². The lowest BCUT2D eigenvalue weighted by atomic mass is 9.93. The molecule has 0 amide bonds. The molecule has 0 unspecified atom stereocenters. The van der Waals surface area contributed by atoms with Crippen LogP contribution in [0.5, 0.6) is 5.75 Å². The number of hydrogen-bond acceptors (Lipinski definition) is 4. The number of ether oxygens (including phenoxy) is 1. The maximum atomic E-state index is 9.45. The Balaban J connectivity index is 0.00000125. The first-order valence-electron chi connectivity index (χ1n) is 11.0. The number of hydrogen-bond donors (Lipinski definition) is 2. The van der Waals surface area contributed by atoms with Crippen LogP contribution >= 0.6 is 0 Å². The van der Waals surface area contributed by atoms with Gasteiger partial charge in [0, 0.05) is 11.9 Å². The van der Waals surface area contributed by atoms with Gasteiger partial charge in [0.2, 0.25) is 0 Å². The fourth-order valence-electron chi connectivity index (χ4n) is 3.29. The summed E-state index contributed by atoms with van der Waals surface area (Å²) in [6, 6.07) is 14.4. The van der Waals surface area contributed by atoms with E-state index in [0.29, 0.717) is 11.3 Å². The lowest BCUT2D eigenvalue weighted by molar-refractivity contribution is 0.241. The van der Waals surface area contributed by atoms with Gasteiger partial charge in [-0.3, -0.25) is 4.99 Å². The molecule has 0 atom stereocenters. The molecule has 2 rings (SSSR count). The summed E-state index contributed by atoms with van der Waals surface area (Å²) >= 11 is -1.61. The molecule has 33 heavy (non-hydrogen) atoms. The van der Waals surface area contributed by atoms with Crippen LogP contribution in [0.2, 0.25) is 0 Å². The van der Waals surface area contributed by atoms with E-state index < -0.39 is 11.2 Å². The molecule has 178 valence electrons. The summed E-state index contributed by atoms with van der Waals surface area (Å²) in [5.41, 5.74) is 7.51. The SMILES string of the molecule is CCCCc1c(C)cccc1/C(C)=C/N=C(C)c1ccc(OC(C)C)c(C#N)c1.NS(N)=O. The molecule has 6 nitrogen and oxygen atoms in total. The standard InChI is InChI=1S/C26H32N2O.H4N2OS/c1-7-8-11-24-19(4)10-9-12-25(24)20(5)17-28-21(6)22-13-14-26(29-18(2)3)23(15-22)16-27;1-4(2)3/h9-10,12-15,17-18H,7-8,11H2,1-6H3;1-2H2/b20-17+,28-21?;. The molecule has 0 fully saturated rings. The zero-order valence-electron chi connectivity index (χ0n) is 20.5. The largest absolute Gasteiger partial charge is 0.490 e. The zero-order valence-corrected chi connectivity index (χ0v) is 21.3. The van der Waals surface area contributed by atoms with E-state index >= 15 is 0 Å². The number of nitriles is 1. The Morgan fingerprint density at radius 2 is 1.91 bits per heavy atom. The Bertz CT molecular complexity index is 1050. The lowest BCUT2D eigenvalue weighted by Gasteiger charge is -2.13. The smallest absolute Gasteiger partial charge is 0.161 e. The van der Waals surface area contributed by atoms with Crippen LogP contribution in [-0.2, 0) is 17.6 Å². The molecule has 0 radical (unpaired) electrons. The normalized spacial score (nSPS) is 11.8. The van der Waals surface area contributed by atoms with Crippen molar-refractivity contribution >= 4 is 22.5 Å². The molecule has 0 aromatic heterocycles. The summed E-state index contributed by atoms with van der Waals surface area (Å²) in [5.74, 6) is 0.617. The Morgan fingerprint density at radius 3 is 2.48 bits per heavy atom. The second-order valence-electron chi connectivity index (χ2n) is 8.05. The fraction of sp³-hybridized carbons (Fsp3) is 0.385. The van der Waals surface area contributed by atoms with Crippen molar-refractivity contribution in [1.82, 2.24) is 0 Å². The van der Waals surface area contributed by atoms with Crippen LogP contribution in [0.3, 0.4) is 0 Å². The molecule has 7 heteroatoms. The summed E-state index contributed by atoms with van der Waals surface area (Å²) in [6.07, 6.45) is 5.43. The van der Waals surface area contributed by atoms with Crippen LogP contribution in [0.4, 0.5) is 0 Å². The quantitative estimate of drug-likeness (QED) is 0.509. The fourth-order valence-corrected chi connectivity index (χ4v) is 3.29. The highest BCUT2D eigenvalue weighted by molar-refractivity contribution is 7.80. The molecule has 0 aliphatic heterocycles. The first-order chi connectivity index (χ1) is 15.6. The molecule has 0 heterocycles. The van der Waals surface area contributed by atoms with Gasteiger partial charge in [-0.2, -0.15) is 5.26 Å². The number of nitrogens with zero attached hydrogens (tertiary/aromatic N) is 2. The van der Waals surface area contributed by atoms with Gasteiger partial charge >= 0.3 is 0 Å². The van der Waals surface area contributed by atoms with Crippen molar-refractivity contribution in [3.8, 4) is 11.8 Å². The molecule has 0 aliphatic carbocycles. The molecule has 0 saturated heterocycles. The average molecular weight is 469 g/mol. The highest BCUT2D eigenvalue weighted by Gasteiger charge is 2.09. The van der Waals surface area contributed by atoms with Crippen LogP contribution in [-0.4, -0.2) is 16.0 Å². The van der Waals surface area contributed by atoms with Gasteiger partial charge in [0.1, 0.15) is 11.8 Å². The summed E-state index contributed by atoms with van der Waals surface area (Å²) < 4.78 is 14.8. The number of nitrogens with two attached hydrogens (primary N) is 2. The molecule has 4 N–H and O–H groups in total. The Morgan fingerprint density at radius 1 is 1.24 bits per heavy atom. The van der Waals surface area contributed by atoms with Crippen molar-refractivity contribution in [2.45, 2.75) is 66.9 Å². The third-order valence-corrected chi connectivity index (χ3v) is 4.95. The van der Waals surface area contributed by atoms with Gasteiger partial charge in [0.05, 0.1) is 11.7 Å². The number of benzene rings is 2. The topological polar surface area (TPSA) is 114 Å². The zero-order chi connectivity index (χ0) is 25.0. The van der Waals surface area contributed by atoms with Crippen molar-refractivity contribution in [2.24, 2.45) is 15.3 Å². The number of rotatable bonds is 8. The molecule has 0 bridgehead atoms. The van der Waals surface area contributed by atoms with Gasteiger partial charge in [-0.25, -0.2) is 14.5 Å². The van der Waals surface area contributed by atoms with E-state index in [-0.39, 0.29) is 6.10 Å². The maximum absolute atomic E-state index is 9.45. The van der Waals surface area contributed by atoms with Gasteiger partial charge in [-0.05, 0) is 93.5 Å². The molecular weight excluding hydrogens is 432 g/mol. The summed E-state index contributed by atoms with van der Waals surface area (Å²) in [5, 5.41) is 18.2. The molecule has 2 aromatic rings. The van der Waals surface area contributed by atoms with Crippen molar-refractivity contribution in [3.63, 3.8) is 0 Å². The van der Waals surface area contributed by atoms with Gasteiger partial charge < -0.3 is 4.74 Å². The summed E-state index contributed by atoms with van der Waals surface area (Å²) in [6.45, 7) is 12.4. The second kappa shape index (κ2) is 14.4. The average Bonchev–Trinajstić information content (AvgIpc) is 2.75. The Hall–Kier alpha value is -2.79. The van der Waals surface area contributed by atoms with Gasteiger partial charge in [0.15, 0.2) is 11.2 Å². The van der Waals surface area contributed by atoms with Crippen molar-refractivity contribution in [3.05, 3.63) is 70.4 Å². The van der Waals surface area contributed by atoms with Gasteiger partial charge in [0.25, 0.3) is 0 Å². The molecule has 0 aliphatic rings. The maximum Gasteiger partial charge on any atom is 0.161 e. The summed E-state index contributed by atoms with van der Waals surface area (Å²) in [4.78, 5) is 4.69. The predicted molar refractivity (Wildman–Crippen MR) is 139 cm³/mol.